The van der Waals surface area contributed by atoms with Gasteiger partial charge in [-0.2, -0.15) is 0 Å². The summed E-state index contributed by atoms with van der Waals surface area (Å²) < 4.78 is 0. The van der Waals surface area contributed by atoms with Crippen LogP contribution in [0, 0.1) is 0 Å². The number of hydrogen-bond donors (Lipinski definition) is 0. The van der Waals surface area contributed by atoms with Gasteiger partial charge in [-0.1, -0.05) is 29.8 Å². The summed E-state index contributed by atoms with van der Waals surface area (Å²) in [7, 11) is 0. The lowest BCUT2D eigenvalue weighted by Gasteiger charge is -2.38. The number of rotatable bonds is 3. The van der Waals surface area contributed by atoms with Crippen molar-refractivity contribution in [1.29, 1.82) is 0 Å². The number of halogens is 1. The first-order chi connectivity index (χ1) is 12.2. The third kappa shape index (κ3) is 3.37. The Balaban J connectivity index is 1.61. The Morgan fingerprint density at radius 3 is 2.44 bits per heavy atom. The molecule has 0 unspecified atom stereocenters. The summed E-state index contributed by atoms with van der Waals surface area (Å²) in [6.45, 7) is 4.05. The van der Waals surface area contributed by atoms with E-state index in [-0.39, 0.29) is 5.91 Å². The largest absolute Gasteiger partial charge is 0.338 e. The van der Waals surface area contributed by atoms with Gasteiger partial charge >= 0.3 is 0 Å². The average molecular weight is 356 g/mol. The van der Waals surface area contributed by atoms with Gasteiger partial charge in [0.15, 0.2) is 0 Å². The predicted molar refractivity (Wildman–Crippen MR) is 103 cm³/mol. The monoisotopic (exact) mass is 355 g/mol. The molecule has 2 aromatic carbocycles. The van der Waals surface area contributed by atoms with Gasteiger partial charge in [0.2, 0.25) is 5.91 Å². The van der Waals surface area contributed by atoms with Crippen molar-refractivity contribution in [2.24, 2.45) is 0 Å². The quantitative estimate of drug-likeness (QED) is 0.834. The van der Waals surface area contributed by atoms with E-state index in [2.05, 4.69) is 21.9 Å². The van der Waals surface area contributed by atoms with Crippen LogP contribution < -0.4 is 9.80 Å². The molecule has 4 rings (SSSR count). The molecule has 25 heavy (non-hydrogen) atoms. The van der Waals surface area contributed by atoms with Gasteiger partial charge in [0.05, 0.1) is 17.9 Å². The van der Waals surface area contributed by atoms with E-state index in [9.17, 15) is 4.79 Å². The van der Waals surface area contributed by atoms with Crippen molar-refractivity contribution < 1.29 is 4.79 Å². The van der Waals surface area contributed by atoms with Crippen LogP contribution in [0.1, 0.15) is 12.8 Å². The number of nitrogens with zero attached hydrogens (tertiary/aromatic N) is 3. The fourth-order valence-electron chi connectivity index (χ4n) is 3.75. The summed E-state index contributed by atoms with van der Waals surface area (Å²) in [4.78, 5) is 19.3. The van der Waals surface area contributed by atoms with Crippen LogP contribution in [0.15, 0.2) is 48.5 Å². The van der Waals surface area contributed by atoms with E-state index >= 15 is 0 Å². The summed E-state index contributed by atoms with van der Waals surface area (Å²) in [5, 5.41) is 0.725. The standard InChI is InChI=1S/C20H22ClN3O/c21-16-6-5-7-17(14-16)23-12-13-24(19-9-2-1-8-18(19)23)20(25)15-22-10-3-4-11-22/h1-2,5-9,14H,3-4,10-13,15H2. The lowest BCUT2D eigenvalue weighted by Crippen LogP contribution is -2.46. The molecule has 2 heterocycles. The van der Waals surface area contributed by atoms with Crippen LogP contribution in [0.2, 0.25) is 5.02 Å². The molecule has 2 aliphatic rings. The molecule has 5 heteroatoms. The zero-order chi connectivity index (χ0) is 17.2. The third-order valence-electron chi connectivity index (χ3n) is 4.99. The van der Waals surface area contributed by atoms with Gasteiger partial charge in [0.1, 0.15) is 0 Å². The third-order valence-corrected chi connectivity index (χ3v) is 5.22. The van der Waals surface area contributed by atoms with Crippen LogP contribution in [-0.4, -0.2) is 43.5 Å². The first-order valence-corrected chi connectivity index (χ1v) is 9.25. The Hall–Kier alpha value is -2.04. The number of fused-ring (bicyclic) bond motifs is 1. The lowest BCUT2D eigenvalue weighted by molar-refractivity contribution is -0.119. The van der Waals surface area contributed by atoms with Crippen LogP contribution >= 0.6 is 11.6 Å². The van der Waals surface area contributed by atoms with Gasteiger partial charge in [-0.3, -0.25) is 9.69 Å². The Bertz CT molecular complexity index is 773. The van der Waals surface area contributed by atoms with E-state index in [1.165, 1.54) is 12.8 Å². The molecule has 130 valence electrons. The molecule has 4 nitrogen and oxygen atoms in total. The minimum absolute atomic E-state index is 0.195. The molecule has 1 fully saturated rings. The van der Waals surface area contributed by atoms with E-state index in [4.69, 9.17) is 11.6 Å². The Labute approximate surface area is 153 Å². The smallest absolute Gasteiger partial charge is 0.241 e. The van der Waals surface area contributed by atoms with E-state index in [0.717, 1.165) is 41.7 Å². The molecule has 0 bridgehead atoms. The molecule has 0 aromatic heterocycles. The molecular formula is C20H22ClN3O. The molecule has 0 spiro atoms. The fraction of sp³-hybridized carbons (Fsp3) is 0.350. The van der Waals surface area contributed by atoms with Crippen molar-refractivity contribution in [2.75, 3.05) is 42.5 Å². The zero-order valence-electron chi connectivity index (χ0n) is 14.2. The average Bonchev–Trinajstić information content (AvgIpc) is 3.13. The number of likely N-dealkylation sites (tertiary alicyclic amines) is 1. The minimum atomic E-state index is 0.195. The fourth-order valence-corrected chi connectivity index (χ4v) is 3.93. The SMILES string of the molecule is O=C(CN1CCCC1)N1CCN(c2cccc(Cl)c2)c2ccccc21. The second kappa shape index (κ2) is 7.06. The highest BCUT2D eigenvalue weighted by Crippen LogP contribution is 2.38. The van der Waals surface area contributed by atoms with Gasteiger partial charge in [-0.05, 0) is 56.3 Å². The maximum Gasteiger partial charge on any atom is 0.241 e. The maximum absolute atomic E-state index is 12.9. The van der Waals surface area contributed by atoms with Gasteiger partial charge < -0.3 is 9.80 Å². The summed E-state index contributed by atoms with van der Waals surface area (Å²) >= 11 is 6.17. The van der Waals surface area contributed by atoms with Crippen molar-refractivity contribution in [2.45, 2.75) is 12.8 Å². The van der Waals surface area contributed by atoms with Gasteiger partial charge in [0.25, 0.3) is 0 Å². The molecule has 0 radical (unpaired) electrons. The first-order valence-electron chi connectivity index (χ1n) is 8.87. The molecule has 2 aliphatic heterocycles. The summed E-state index contributed by atoms with van der Waals surface area (Å²) in [5.41, 5.74) is 3.11. The molecule has 1 amide bonds. The maximum atomic E-state index is 12.9. The van der Waals surface area contributed by atoms with Crippen LogP contribution in [0.25, 0.3) is 0 Å². The van der Waals surface area contributed by atoms with Crippen molar-refractivity contribution in [3.63, 3.8) is 0 Å². The van der Waals surface area contributed by atoms with E-state index in [1.807, 2.05) is 41.3 Å². The van der Waals surface area contributed by atoms with E-state index in [0.29, 0.717) is 13.1 Å². The van der Waals surface area contributed by atoms with Gasteiger partial charge in [-0.25, -0.2) is 0 Å². The highest BCUT2D eigenvalue weighted by atomic mass is 35.5. The van der Waals surface area contributed by atoms with Crippen LogP contribution in [0.3, 0.4) is 0 Å². The number of anilines is 3. The number of benzene rings is 2. The van der Waals surface area contributed by atoms with Crippen molar-refractivity contribution >= 4 is 34.6 Å². The summed E-state index contributed by atoms with van der Waals surface area (Å²) in [5.74, 6) is 0.195. The molecular weight excluding hydrogens is 334 g/mol. The van der Waals surface area contributed by atoms with E-state index < -0.39 is 0 Å². The molecule has 0 aliphatic carbocycles. The Kier molecular flexibility index (Phi) is 4.64. The highest BCUT2D eigenvalue weighted by Gasteiger charge is 2.28. The Morgan fingerprint density at radius 2 is 1.68 bits per heavy atom. The second-order valence-electron chi connectivity index (χ2n) is 6.65. The molecule has 0 N–H and O–H groups in total. The van der Waals surface area contributed by atoms with Crippen LogP contribution in [0.4, 0.5) is 17.1 Å². The van der Waals surface area contributed by atoms with Gasteiger partial charge in [-0.15, -0.1) is 0 Å². The normalized spacial score (nSPS) is 17.6. The lowest BCUT2D eigenvalue weighted by atomic mass is 10.1. The van der Waals surface area contributed by atoms with Crippen LogP contribution in [0.5, 0.6) is 0 Å². The molecule has 2 aromatic rings. The first kappa shape index (κ1) is 16.4. The summed E-state index contributed by atoms with van der Waals surface area (Å²) in [6, 6.07) is 16.0. The number of hydrogen-bond acceptors (Lipinski definition) is 3. The topological polar surface area (TPSA) is 26.8 Å². The van der Waals surface area contributed by atoms with Crippen LogP contribution in [-0.2, 0) is 4.79 Å². The number of amides is 1. The van der Waals surface area contributed by atoms with E-state index in [1.54, 1.807) is 0 Å². The number of para-hydroxylation sites is 2. The second-order valence-corrected chi connectivity index (χ2v) is 7.09. The zero-order valence-corrected chi connectivity index (χ0v) is 15.0. The van der Waals surface area contributed by atoms with Gasteiger partial charge in [0, 0.05) is 23.8 Å². The van der Waals surface area contributed by atoms with Crippen molar-refractivity contribution in [3.05, 3.63) is 53.6 Å². The molecule has 0 saturated carbocycles. The van der Waals surface area contributed by atoms with Crippen molar-refractivity contribution in [1.82, 2.24) is 4.90 Å². The molecule has 1 saturated heterocycles. The number of carbonyl (C=O) groups is 1. The minimum Gasteiger partial charge on any atom is -0.338 e. The van der Waals surface area contributed by atoms with Crippen molar-refractivity contribution in [3.8, 4) is 0 Å². The Morgan fingerprint density at radius 1 is 0.920 bits per heavy atom. The summed E-state index contributed by atoms with van der Waals surface area (Å²) in [6.07, 6.45) is 2.40. The number of carbonyl (C=O) groups excluding carboxylic acids is 1. The highest BCUT2D eigenvalue weighted by molar-refractivity contribution is 6.30. The molecule has 0 atom stereocenters. The predicted octanol–water partition coefficient (Wildman–Crippen LogP) is 3.92.